The number of anilines is 1. The summed E-state index contributed by atoms with van der Waals surface area (Å²) in [6.45, 7) is 0. The predicted octanol–water partition coefficient (Wildman–Crippen LogP) is 2.98. The number of nitrogens with one attached hydrogen (secondary N) is 1. The Balaban J connectivity index is 2.41. The minimum absolute atomic E-state index is 0.663. The number of para-hydroxylation sites is 1. The van der Waals surface area contributed by atoms with Crippen molar-refractivity contribution < 1.29 is 0 Å². The first-order valence-electron chi connectivity index (χ1n) is 3.15. The van der Waals surface area contributed by atoms with Gasteiger partial charge in [-0.2, -0.15) is 0 Å². The average Bonchev–Trinajstić information content (AvgIpc) is 2.21. The second-order valence-corrected chi connectivity index (χ2v) is 5.57. The number of thioether (sulfide) groups is 1. The van der Waals surface area contributed by atoms with Gasteiger partial charge in [-0.05, 0) is 12.1 Å². The van der Waals surface area contributed by atoms with Crippen molar-refractivity contribution in [3.63, 3.8) is 0 Å². The van der Waals surface area contributed by atoms with E-state index in [4.69, 9.17) is 11.6 Å². The minimum atomic E-state index is -0.663. The Bertz CT molecular complexity index is 261. The molecule has 4 heteroatoms. The zero-order valence-electron chi connectivity index (χ0n) is 5.54. The molecule has 0 spiro atoms. The molecule has 1 heterocycles. The van der Waals surface area contributed by atoms with Crippen LogP contribution in [0.5, 0.6) is 0 Å². The lowest BCUT2D eigenvalue weighted by molar-refractivity contribution is 1.33. The lowest BCUT2D eigenvalue weighted by Crippen LogP contribution is -2.13. The van der Waals surface area contributed by atoms with Gasteiger partial charge < -0.3 is 5.32 Å². The summed E-state index contributed by atoms with van der Waals surface area (Å²) in [5.74, 6) is 0. The third-order valence-electron chi connectivity index (χ3n) is 1.42. The number of alkyl halides is 1. The van der Waals surface area contributed by atoms with Gasteiger partial charge in [-0.25, -0.2) is 0 Å². The summed E-state index contributed by atoms with van der Waals surface area (Å²) in [4.78, 5) is 1.15. The van der Waals surface area contributed by atoms with Gasteiger partial charge in [-0.15, -0.1) is 12.6 Å². The maximum absolute atomic E-state index is 5.95. The highest BCUT2D eigenvalue weighted by atomic mass is 35.5. The molecule has 1 atom stereocenters. The largest absolute Gasteiger partial charge is 0.349 e. The van der Waals surface area contributed by atoms with Crippen molar-refractivity contribution in [2.24, 2.45) is 0 Å². The van der Waals surface area contributed by atoms with E-state index in [1.54, 1.807) is 0 Å². The molecule has 0 saturated heterocycles. The molecule has 0 saturated carbocycles. The number of hydrogen-bond acceptors (Lipinski definition) is 3. The van der Waals surface area contributed by atoms with Gasteiger partial charge in [-0.3, -0.25) is 0 Å². The first kappa shape index (κ1) is 7.65. The number of fused-ring (bicyclic) bond motifs is 1. The van der Waals surface area contributed by atoms with Crippen molar-refractivity contribution in [3.05, 3.63) is 24.3 Å². The molecule has 11 heavy (non-hydrogen) atoms. The monoisotopic (exact) mass is 203 g/mol. The van der Waals surface area contributed by atoms with Gasteiger partial charge in [0.25, 0.3) is 0 Å². The molecular formula is C7H6ClNS2. The van der Waals surface area contributed by atoms with E-state index in [-0.39, 0.29) is 0 Å². The molecule has 1 N–H and O–H groups in total. The van der Waals surface area contributed by atoms with Crippen molar-refractivity contribution in [3.8, 4) is 0 Å². The van der Waals surface area contributed by atoms with Crippen LogP contribution >= 0.6 is 36.0 Å². The second-order valence-electron chi connectivity index (χ2n) is 2.28. The van der Waals surface area contributed by atoms with E-state index in [9.17, 15) is 0 Å². The third kappa shape index (κ3) is 1.45. The topological polar surface area (TPSA) is 12.0 Å². The molecule has 0 fully saturated rings. The van der Waals surface area contributed by atoms with Gasteiger partial charge in [0.05, 0.1) is 5.69 Å². The third-order valence-corrected chi connectivity index (χ3v) is 3.08. The zero-order valence-corrected chi connectivity index (χ0v) is 8.01. The molecule has 0 aliphatic carbocycles. The van der Waals surface area contributed by atoms with Gasteiger partial charge in [0.1, 0.15) is 0 Å². The smallest absolute Gasteiger partial charge is 0.209 e. The maximum Gasteiger partial charge on any atom is 0.209 e. The molecule has 0 aromatic heterocycles. The number of rotatable bonds is 0. The molecule has 1 aromatic carbocycles. The summed E-state index contributed by atoms with van der Waals surface area (Å²) in [5, 5.41) is 3.07. The second kappa shape index (κ2) is 2.51. The lowest BCUT2D eigenvalue weighted by Gasteiger charge is -2.11. The fourth-order valence-corrected chi connectivity index (χ4v) is 2.59. The van der Waals surface area contributed by atoms with Crippen LogP contribution in [0.2, 0.25) is 0 Å². The Morgan fingerprint density at radius 2 is 2.18 bits per heavy atom. The lowest BCUT2D eigenvalue weighted by atomic mass is 10.3. The van der Waals surface area contributed by atoms with Crippen LogP contribution in [0, 0.1) is 0 Å². The van der Waals surface area contributed by atoms with Crippen LogP contribution in [0.15, 0.2) is 29.2 Å². The zero-order chi connectivity index (χ0) is 7.90. The van der Waals surface area contributed by atoms with Crippen molar-refractivity contribution in [1.82, 2.24) is 0 Å². The van der Waals surface area contributed by atoms with E-state index in [2.05, 4.69) is 17.9 Å². The molecule has 0 bridgehead atoms. The number of thiol groups is 1. The van der Waals surface area contributed by atoms with E-state index >= 15 is 0 Å². The van der Waals surface area contributed by atoms with Crippen LogP contribution in [-0.2, 0) is 0 Å². The molecule has 0 unspecified atom stereocenters. The molecule has 1 nitrogen and oxygen atoms in total. The van der Waals surface area contributed by atoms with E-state index in [0.29, 0.717) is 0 Å². The fraction of sp³-hybridized carbons (Fsp3) is 0.143. The minimum Gasteiger partial charge on any atom is -0.349 e. The summed E-state index contributed by atoms with van der Waals surface area (Å²) < 4.78 is -0.663. The summed E-state index contributed by atoms with van der Waals surface area (Å²) in [6.07, 6.45) is 0. The molecular weight excluding hydrogens is 198 g/mol. The summed E-state index contributed by atoms with van der Waals surface area (Å²) in [5.41, 5.74) is 1.06. The molecule has 2 rings (SSSR count). The highest BCUT2D eigenvalue weighted by molar-refractivity contribution is 8.14. The summed E-state index contributed by atoms with van der Waals surface area (Å²) >= 11 is 11.7. The first-order chi connectivity index (χ1) is 5.17. The highest BCUT2D eigenvalue weighted by Crippen LogP contribution is 2.49. The summed E-state index contributed by atoms with van der Waals surface area (Å²) in [6, 6.07) is 7.97. The quantitative estimate of drug-likeness (QED) is 0.382. The van der Waals surface area contributed by atoms with Crippen molar-refractivity contribution >= 4 is 41.7 Å². The van der Waals surface area contributed by atoms with Crippen LogP contribution in [0.4, 0.5) is 5.69 Å². The Hall–Kier alpha value is 0.01000. The fourth-order valence-electron chi connectivity index (χ4n) is 0.996. The van der Waals surface area contributed by atoms with Gasteiger partial charge in [-0.1, -0.05) is 35.5 Å². The SMILES string of the molecule is S[C@@]1(Cl)Nc2ccccc2S1. The normalized spacial score (nSPS) is 27.8. The first-order valence-corrected chi connectivity index (χ1v) is 4.79. The Labute approximate surface area is 79.9 Å². The standard InChI is InChI=1S/C7H6ClNS2/c8-7(10)9-5-3-1-2-4-6(5)11-7/h1-4,9-10H/t7-/m1/s1. The van der Waals surface area contributed by atoms with Crippen LogP contribution in [0.25, 0.3) is 0 Å². The van der Waals surface area contributed by atoms with E-state index in [1.165, 1.54) is 11.8 Å². The molecule has 1 aromatic rings. The Kier molecular flexibility index (Phi) is 1.74. The van der Waals surface area contributed by atoms with Crippen molar-refractivity contribution in [2.75, 3.05) is 5.32 Å². The van der Waals surface area contributed by atoms with E-state index in [0.717, 1.165) is 10.6 Å². The van der Waals surface area contributed by atoms with Gasteiger partial charge >= 0.3 is 0 Å². The Morgan fingerprint density at radius 1 is 1.45 bits per heavy atom. The van der Waals surface area contributed by atoms with E-state index < -0.39 is 3.66 Å². The van der Waals surface area contributed by atoms with E-state index in [1.807, 2.05) is 24.3 Å². The molecule has 1 aliphatic heterocycles. The van der Waals surface area contributed by atoms with Gasteiger partial charge in [0.2, 0.25) is 3.66 Å². The van der Waals surface area contributed by atoms with Gasteiger partial charge in [0.15, 0.2) is 0 Å². The molecule has 0 amide bonds. The van der Waals surface area contributed by atoms with Crippen LogP contribution in [0.3, 0.4) is 0 Å². The van der Waals surface area contributed by atoms with Gasteiger partial charge in [0, 0.05) is 4.90 Å². The maximum atomic E-state index is 5.95. The predicted molar refractivity (Wildman–Crippen MR) is 53.5 cm³/mol. The number of hydrogen-bond donors (Lipinski definition) is 2. The van der Waals surface area contributed by atoms with Crippen LogP contribution in [0.1, 0.15) is 0 Å². The number of benzene rings is 1. The molecule has 1 aliphatic rings. The highest BCUT2D eigenvalue weighted by Gasteiger charge is 2.31. The van der Waals surface area contributed by atoms with Crippen molar-refractivity contribution in [1.29, 1.82) is 0 Å². The average molecular weight is 204 g/mol. The molecule has 58 valence electrons. The van der Waals surface area contributed by atoms with Crippen molar-refractivity contribution in [2.45, 2.75) is 8.56 Å². The Morgan fingerprint density at radius 3 is 2.91 bits per heavy atom. The van der Waals surface area contributed by atoms with Crippen LogP contribution in [-0.4, -0.2) is 3.66 Å². The molecule has 0 radical (unpaired) electrons. The van der Waals surface area contributed by atoms with Crippen LogP contribution < -0.4 is 5.32 Å². The number of halogens is 1. The summed E-state index contributed by atoms with van der Waals surface area (Å²) in [7, 11) is 0.